The minimum Gasteiger partial charge on any atom is -0.449 e. The molecule has 5 nitrogen and oxygen atoms in total. The highest BCUT2D eigenvalue weighted by Crippen LogP contribution is 2.19. The van der Waals surface area contributed by atoms with Crippen molar-refractivity contribution in [2.45, 2.75) is 6.54 Å². The summed E-state index contributed by atoms with van der Waals surface area (Å²) in [4.78, 5) is 12.0. The lowest BCUT2D eigenvalue weighted by molar-refractivity contribution is 0.0924. The quantitative estimate of drug-likeness (QED) is 0.763. The van der Waals surface area contributed by atoms with Gasteiger partial charge in [0.05, 0.1) is 0 Å². The van der Waals surface area contributed by atoms with Crippen LogP contribution in [-0.4, -0.2) is 16.1 Å². The zero-order chi connectivity index (χ0) is 13.8. The van der Waals surface area contributed by atoms with E-state index in [0.29, 0.717) is 12.3 Å². The average molecular weight is 267 g/mol. The lowest BCUT2D eigenvalue weighted by atomic mass is 10.2. The Hall–Kier alpha value is -2.82. The number of hydrogen-bond donors (Lipinski definition) is 2. The predicted molar refractivity (Wildman–Crippen MR) is 73.9 cm³/mol. The maximum Gasteiger partial charge on any atom is 0.287 e. The zero-order valence-corrected chi connectivity index (χ0v) is 10.7. The standard InChI is InChI=1S/C15H13N3O2/c19-15(16-10-11-4-2-1-3-5-11)14-7-6-13(20-14)12-8-9-17-18-12/h1-9H,10H2,(H,16,19)(H,17,18). The number of aromatic nitrogens is 2. The van der Waals surface area contributed by atoms with Crippen LogP contribution < -0.4 is 5.32 Å². The maximum atomic E-state index is 12.0. The Morgan fingerprint density at radius 3 is 2.75 bits per heavy atom. The number of aromatic amines is 1. The first-order valence-corrected chi connectivity index (χ1v) is 6.24. The van der Waals surface area contributed by atoms with Crippen LogP contribution in [0.4, 0.5) is 0 Å². The first-order chi connectivity index (χ1) is 9.83. The average Bonchev–Trinajstić information content (AvgIpc) is 3.16. The summed E-state index contributed by atoms with van der Waals surface area (Å²) in [5.74, 6) is 0.637. The number of hydrogen-bond acceptors (Lipinski definition) is 3. The SMILES string of the molecule is O=C(NCc1ccccc1)c1ccc(-c2ccn[nH]2)o1. The highest BCUT2D eigenvalue weighted by atomic mass is 16.4. The third-order valence-electron chi connectivity index (χ3n) is 2.89. The van der Waals surface area contributed by atoms with Gasteiger partial charge in [0.15, 0.2) is 11.5 Å². The molecular weight excluding hydrogens is 254 g/mol. The summed E-state index contributed by atoms with van der Waals surface area (Å²) < 4.78 is 5.49. The molecule has 5 heteroatoms. The normalized spacial score (nSPS) is 10.4. The topological polar surface area (TPSA) is 70.9 Å². The molecule has 1 aromatic carbocycles. The van der Waals surface area contributed by atoms with E-state index >= 15 is 0 Å². The maximum absolute atomic E-state index is 12.0. The molecule has 0 aliphatic carbocycles. The van der Waals surface area contributed by atoms with E-state index in [2.05, 4.69) is 15.5 Å². The summed E-state index contributed by atoms with van der Waals surface area (Å²) in [6, 6.07) is 14.9. The van der Waals surface area contributed by atoms with Crippen molar-refractivity contribution in [3.05, 3.63) is 66.1 Å². The van der Waals surface area contributed by atoms with Crippen LogP contribution in [0.5, 0.6) is 0 Å². The van der Waals surface area contributed by atoms with Crippen molar-refractivity contribution in [3.63, 3.8) is 0 Å². The van der Waals surface area contributed by atoms with E-state index in [1.54, 1.807) is 24.4 Å². The van der Waals surface area contributed by atoms with Gasteiger partial charge < -0.3 is 9.73 Å². The minimum absolute atomic E-state index is 0.236. The highest BCUT2D eigenvalue weighted by Gasteiger charge is 2.12. The highest BCUT2D eigenvalue weighted by molar-refractivity contribution is 5.91. The van der Waals surface area contributed by atoms with Crippen molar-refractivity contribution < 1.29 is 9.21 Å². The first-order valence-electron chi connectivity index (χ1n) is 6.24. The summed E-state index contributed by atoms with van der Waals surface area (Å²) in [6.45, 7) is 0.472. The van der Waals surface area contributed by atoms with Gasteiger partial charge in [-0.3, -0.25) is 9.89 Å². The number of rotatable bonds is 4. The zero-order valence-electron chi connectivity index (χ0n) is 10.7. The van der Waals surface area contributed by atoms with E-state index in [0.717, 1.165) is 11.3 Å². The van der Waals surface area contributed by atoms with Crippen LogP contribution in [0.2, 0.25) is 0 Å². The van der Waals surface area contributed by atoms with Gasteiger partial charge in [-0.2, -0.15) is 5.10 Å². The predicted octanol–water partition coefficient (Wildman–Crippen LogP) is 2.60. The number of nitrogens with zero attached hydrogens (tertiary/aromatic N) is 1. The van der Waals surface area contributed by atoms with E-state index < -0.39 is 0 Å². The third-order valence-corrected chi connectivity index (χ3v) is 2.89. The number of benzene rings is 1. The molecule has 0 aliphatic heterocycles. The Morgan fingerprint density at radius 2 is 2.00 bits per heavy atom. The second kappa shape index (κ2) is 5.44. The largest absolute Gasteiger partial charge is 0.449 e. The van der Waals surface area contributed by atoms with Gasteiger partial charge in [-0.25, -0.2) is 0 Å². The Kier molecular flexibility index (Phi) is 3.33. The Labute approximate surface area is 115 Å². The molecule has 0 unspecified atom stereocenters. The number of nitrogens with one attached hydrogen (secondary N) is 2. The molecule has 100 valence electrons. The van der Waals surface area contributed by atoms with Crippen molar-refractivity contribution in [1.82, 2.24) is 15.5 Å². The van der Waals surface area contributed by atoms with E-state index in [-0.39, 0.29) is 11.7 Å². The molecule has 0 atom stereocenters. The molecule has 0 spiro atoms. The molecule has 0 radical (unpaired) electrons. The van der Waals surface area contributed by atoms with Crippen molar-refractivity contribution in [3.8, 4) is 11.5 Å². The molecule has 2 aromatic heterocycles. The molecule has 0 saturated carbocycles. The van der Waals surface area contributed by atoms with E-state index in [9.17, 15) is 4.79 Å². The lowest BCUT2D eigenvalue weighted by Gasteiger charge is -2.02. The lowest BCUT2D eigenvalue weighted by Crippen LogP contribution is -2.22. The van der Waals surface area contributed by atoms with Crippen LogP contribution in [0, 0.1) is 0 Å². The fraction of sp³-hybridized carbons (Fsp3) is 0.0667. The van der Waals surface area contributed by atoms with Gasteiger partial charge in [0.25, 0.3) is 5.91 Å². The molecule has 0 bridgehead atoms. The van der Waals surface area contributed by atoms with E-state index in [4.69, 9.17) is 4.42 Å². The van der Waals surface area contributed by atoms with Crippen molar-refractivity contribution in [2.24, 2.45) is 0 Å². The van der Waals surface area contributed by atoms with Crippen LogP contribution in [-0.2, 0) is 6.54 Å². The summed E-state index contributed by atoms with van der Waals surface area (Å²) in [5, 5.41) is 9.45. The monoisotopic (exact) mass is 267 g/mol. The van der Waals surface area contributed by atoms with Gasteiger partial charge in [-0.05, 0) is 23.8 Å². The van der Waals surface area contributed by atoms with Gasteiger partial charge in [0.2, 0.25) is 0 Å². The molecule has 2 N–H and O–H groups in total. The third kappa shape index (κ3) is 2.61. The van der Waals surface area contributed by atoms with Gasteiger partial charge in [0.1, 0.15) is 5.69 Å². The number of furan rings is 1. The van der Waals surface area contributed by atoms with Crippen LogP contribution in [0.25, 0.3) is 11.5 Å². The molecule has 3 rings (SSSR count). The van der Waals surface area contributed by atoms with Gasteiger partial charge in [-0.15, -0.1) is 0 Å². The molecule has 0 saturated heterocycles. The van der Waals surface area contributed by atoms with Crippen LogP contribution in [0.1, 0.15) is 16.1 Å². The minimum atomic E-state index is -0.236. The fourth-order valence-electron chi connectivity index (χ4n) is 1.86. The Balaban J connectivity index is 1.66. The first kappa shape index (κ1) is 12.2. The molecule has 20 heavy (non-hydrogen) atoms. The van der Waals surface area contributed by atoms with Crippen LogP contribution in [0.15, 0.2) is 59.1 Å². The van der Waals surface area contributed by atoms with Gasteiger partial charge in [0, 0.05) is 12.7 Å². The summed E-state index contributed by atoms with van der Waals surface area (Å²) in [6.07, 6.45) is 1.63. The molecular formula is C15H13N3O2. The number of amides is 1. The van der Waals surface area contributed by atoms with E-state index in [1.165, 1.54) is 0 Å². The smallest absolute Gasteiger partial charge is 0.287 e. The Morgan fingerprint density at radius 1 is 1.15 bits per heavy atom. The fourth-order valence-corrected chi connectivity index (χ4v) is 1.86. The van der Waals surface area contributed by atoms with Crippen molar-refractivity contribution in [2.75, 3.05) is 0 Å². The van der Waals surface area contributed by atoms with E-state index in [1.807, 2.05) is 30.3 Å². The molecule has 3 aromatic rings. The molecule has 0 aliphatic rings. The second-order valence-electron chi connectivity index (χ2n) is 4.30. The number of carbonyl (C=O) groups excluding carboxylic acids is 1. The number of H-pyrrole nitrogens is 1. The summed E-state index contributed by atoms with van der Waals surface area (Å²) >= 11 is 0. The molecule has 1 amide bonds. The van der Waals surface area contributed by atoms with Crippen molar-refractivity contribution >= 4 is 5.91 Å². The number of carbonyl (C=O) groups is 1. The summed E-state index contributed by atoms with van der Waals surface area (Å²) in [5.41, 5.74) is 1.79. The second-order valence-corrected chi connectivity index (χ2v) is 4.30. The Bertz CT molecular complexity index is 687. The van der Waals surface area contributed by atoms with Crippen LogP contribution >= 0.6 is 0 Å². The molecule has 2 heterocycles. The van der Waals surface area contributed by atoms with Crippen molar-refractivity contribution in [1.29, 1.82) is 0 Å². The molecule has 0 fully saturated rings. The summed E-state index contributed by atoms with van der Waals surface area (Å²) in [7, 11) is 0. The van der Waals surface area contributed by atoms with Gasteiger partial charge in [-0.1, -0.05) is 30.3 Å². The van der Waals surface area contributed by atoms with Crippen LogP contribution in [0.3, 0.4) is 0 Å². The van der Waals surface area contributed by atoms with Gasteiger partial charge >= 0.3 is 0 Å².